The lowest BCUT2D eigenvalue weighted by Crippen LogP contribution is -2.36. The van der Waals surface area contributed by atoms with Crippen LogP contribution in [-0.4, -0.2) is 23.9 Å². The fourth-order valence-electron chi connectivity index (χ4n) is 0.360. The lowest BCUT2D eigenvalue weighted by Gasteiger charge is -2.09. The van der Waals surface area contributed by atoms with Crippen molar-refractivity contribution in [3.05, 3.63) is 0 Å². The van der Waals surface area contributed by atoms with E-state index in [9.17, 15) is 9.59 Å². The Labute approximate surface area is 67.4 Å². The molecule has 0 unspecified atom stereocenters. The first-order valence-corrected chi connectivity index (χ1v) is 3.65. The molecule has 3 amide bonds. The van der Waals surface area contributed by atoms with Gasteiger partial charge >= 0.3 is 6.03 Å². The number of carbonyl (C=O) groups excluding carboxylic acids is 2. The standard InChI is InChI=1S/C5H10N2O2.C2H6/c1-3-4(8)7(2)5(6)9;1-2/h3H2,1-2H3,(H2,6,9);1-2H3. The molecule has 0 fully saturated rings. The van der Waals surface area contributed by atoms with Gasteiger partial charge in [0.2, 0.25) is 5.91 Å². The molecule has 0 saturated heterocycles. The van der Waals surface area contributed by atoms with Crippen LogP contribution >= 0.6 is 0 Å². The van der Waals surface area contributed by atoms with Crippen molar-refractivity contribution in [3.8, 4) is 0 Å². The molecule has 0 rings (SSSR count). The Balaban J connectivity index is 0. The molecule has 0 heterocycles. The summed E-state index contributed by atoms with van der Waals surface area (Å²) in [6.45, 7) is 5.67. The summed E-state index contributed by atoms with van der Waals surface area (Å²) >= 11 is 0. The Kier molecular flexibility index (Phi) is 8.08. The lowest BCUT2D eigenvalue weighted by atomic mass is 10.4. The highest BCUT2D eigenvalue weighted by atomic mass is 16.2. The third-order valence-electron chi connectivity index (χ3n) is 1.01. The summed E-state index contributed by atoms with van der Waals surface area (Å²) in [4.78, 5) is 21.7. The summed E-state index contributed by atoms with van der Waals surface area (Å²) in [5.41, 5.74) is 4.78. The van der Waals surface area contributed by atoms with Crippen LogP contribution in [0, 0.1) is 0 Å². The highest BCUT2D eigenvalue weighted by Gasteiger charge is 2.09. The molecule has 0 radical (unpaired) electrons. The van der Waals surface area contributed by atoms with E-state index in [0.29, 0.717) is 6.42 Å². The summed E-state index contributed by atoms with van der Waals surface area (Å²) in [7, 11) is 1.36. The molecule has 0 aromatic carbocycles. The second-order valence-corrected chi connectivity index (χ2v) is 1.64. The number of primary amides is 1. The minimum Gasteiger partial charge on any atom is -0.351 e. The van der Waals surface area contributed by atoms with Gasteiger partial charge in [-0.2, -0.15) is 0 Å². The predicted molar refractivity (Wildman–Crippen MR) is 44.0 cm³/mol. The number of nitrogens with zero attached hydrogens (tertiary/aromatic N) is 1. The van der Waals surface area contributed by atoms with Gasteiger partial charge in [-0.25, -0.2) is 4.79 Å². The molecule has 0 spiro atoms. The van der Waals surface area contributed by atoms with Crippen molar-refractivity contribution >= 4 is 11.9 Å². The summed E-state index contributed by atoms with van der Waals surface area (Å²) < 4.78 is 0. The molecule has 0 aromatic rings. The topological polar surface area (TPSA) is 63.4 Å². The number of hydrogen-bond donors (Lipinski definition) is 1. The number of urea groups is 1. The van der Waals surface area contributed by atoms with E-state index >= 15 is 0 Å². The van der Waals surface area contributed by atoms with Gasteiger partial charge in [-0.05, 0) is 0 Å². The van der Waals surface area contributed by atoms with E-state index in [2.05, 4.69) is 0 Å². The largest absolute Gasteiger partial charge is 0.351 e. The third kappa shape index (κ3) is 5.39. The van der Waals surface area contributed by atoms with Crippen LogP contribution in [0.25, 0.3) is 0 Å². The van der Waals surface area contributed by atoms with Crippen LogP contribution in [0.3, 0.4) is 0 Å². The van der Waals surface area contributed by atoms with E-state index in [0.717, 1.165) is 4.90 Å². The van der Waals surface area contributed by atoms with Crippen molar-refractivity contribution < 1.29 is 9.59 Å². The zero-order valence-electron chi connectivity index (χ0n) is 7.55. The Morgan fingerprint density at radius 2 is 1.73 bits per heavy atom. The number of hydrogen-bond acceptors (Lipinski definition) is 2. The van der Waals surface area contributed by atoms with Crippen molar-refractivity contribution in [2.75, 3.05) is 7.05 Å². The highest BCUT2D eigenvalue weighted by Crippen LogP contribution is 1.86. The van der Waals surface area contributed by atoms with Crippen LogP contribution < -0.4 is 5.73 Å². The quantitative estimate of drug-likeness (QED) is 0.621. The van der Waals surface area contributed by atoms with Crippen molar-refractivity contribution in [1.29, 1.82) is 0 Å². The minimum absolute atomic E-state index is 0.262. The van der Waals surface area contributed by atoms with Crippen molar-refractivity contribution in [1.82, 2.24) is 4.90 Å². The summed E-state index contributed by atoms with van der Waals surface area (Å²) in [5.74, 6) is -0.262. The molecule has 0 aliphatic carbocycles. The second kappa shape index (κ2) is 7.05. The van der Waals surface area contributed by atoms with E-state index in [1.807, 2.05) is 13.8 Å². The SMILES string of the molecule is CC.CCC(=O)N(C)C(N)=O. The van der Waals surface area contributed by atoms with Gasteiger partial charge in [0.15, 0.2) is 0 Å². The van der Waals surface area contributed by atoms with Crippen molar-refractivity contribution in [2.24, 2.45) is 5.73 Å². The van der Waals surface area contributed by atoms with E-state index in [4.69, 9.17) is 5.73 Å². The average Bonchev–Trinajstić information content (AvgIpc) is 2.05. The molecule has 0 bridgehead atoms. The molecule has 2 N–H and O–H groups in total. The summed E-state index contributed by atoms with van der Waals surface area (Å²) in [6, 6.07) is -0.707. The smallest absolute Gasteiger partial charge is 0.321 e. The monoisotopic (exact) mass is 160 g/mol. The maximum Gasteiger partial charge on any atom is 0.321 e. The minimum atomic E-state index is -0.707. The van der Waals surface area contributed by atoms with Gasteiger partial charge in [-0.1, -0.05) is 20.8 Å². The van der Waals surface area contributed by atoms with E-state index < -0.39 is 6.03 Å². The summed E-state index contributed by atoms with van der Waals surface area (Å²) in [5, 5.41) is 0. The van der Waals surface area contributed by atoms with Crippen molar-refractivity contribution in [2.45, 2.75) is 27.2 Å². The van der Waals surface area contributed by atoms with E-state index in [1.165, 1.54) is 7.05 Å². The normalized spacial score (nSPS) is 7.64. The van der Waals surface area contributed by atoms with Crippen LogP contribution in [0.1, 0.15) is 27.2 Å². The number of carbonyl (C=O) groups is 2. The fraction of sp³-hybridized carbons (Fsp3) is 0.714. The molecule has 0 aliphatic rings. The number of rotatable bonds is 1. The van der Waals surface area contributed by atoms with Crippen LogP contribution in [0.2, 0.25) is 0 Å². The van der Waals surface area contributed by atoms with E-state index in [1.54, 1.807) is 6.92 Å². The maximum atomic E-state index is 10.6. The van der Waals surface area contributed by atoms with Crippen LogP contribution in [0.15, 0.2) is 0 Å². The molecule has 0 saturated carbocycles. The Bertz CT molecular complexity index is 134. The number of amides is 3. The molecule has 66 valence electrons. The Morgan fingerprint density at radius 3 is 1.82 bits per heavy atom. The molecular weight excluding hydrogens is 144 g/mol. The van der Waals surface area contributed by atoms with Crippen LogP contribution in [0.4, 0.5) is 4.79 Å². The Hall–Kier alpha value is -1.06. The molecule has 0 aromatic heterocycles. The number of imide groups is 1. The molecule has 4 nitrogen and oxygen atoms in total. The van der Waals surface area contributed by atoms with E-state index in [-0.39, 0.29) is 5.91 Å². The van der Waals surface area contributed by atoms with Gasteiger partial charge in [0.25, 0.3) is 0 Å². The average molecular weight is 160 g/mol. The van der Waals surface area contributed by atoms with Gasteiger partial charge in [-0.3, -0.25) is 9.69 Å². The van der Waals surface area contributed by atoms with Gasteiger partial charge in [0.05, 0.1) is 0 Å². The molecular formula is C7H16N2O2. The zero-order valence-corrected chi connectivity index (χ0v) is 7.55. The molecule has 0 atom stereocenters. The number of nitrogens with two attached hydrogens (primary N) is 1. The lowest BCUT2D eigenvalue weighted by molar-refractivity contribution is -0.126. The molecule has 0 aliphatic heterocycles. The van der Waals surface area contributed by atoms with Crippen molar-refractivity contribution in [3.63, 3.8) is 0 Å². The maximum absolute atomic E-state index is 10.6. The summed E-state index contributed by atoms with van der Waals surface area (Å²) in [6.07, 6.45) is 0.305. The predicted octanol–water partition coefficient (Wildman–Crippen LogP) is 0.960. The first-order chi connectivity index (χ1) is 5.09. The Morgan fingerprint density at radius 1 is 1.36 bits per heavy atom. The van der Waals surface area contributed by atoms with Gasteiger partial charge in [-0.15, -0.1) is 0 Å². The van der Waals surface area contributed by atoms with Crippen LogP contribution in [-0.2, 0) is 4.79 Å². The first-order valence-electron chi connectivity index (χ1n) is 3.65. The second-order valence-electron chi connectivity index (χ2n) is 1.64. The highest BCUT2D eigenvalue weighted by molar-refractivity contribution is 5.93. The molecule has 4 heteroatoms. The fourth-order valence-corrected chi connectivity index (χ4v) is 0.360. The van der Waals surface area contributed by atoms with Gasteiger partial charge < -0.3 is 5.73 Å². The van der Waals surface area contributed by atoms with Gasteiger partial charge in [0.1, 0.15) is 0 Å². The first kappa shape index (κ1) is 12.6. The zero-order chi connectivity index (χ0) is 9.44. The van der Waals surface area contributed by atoms with Crippen LogP contribution in [0.5, 0.6) is 0 Å². The molecule has 11 heavy (non-hydrogen) atoms. The third-order valence-corrected chi connectivity index (χ3v) is 1.01. The van der Waals surface area contributed by atoms with Gasteiger partial charge in [0, 0.05) is 13.5 Å².